The van der Waals surface area contributed by atoms with E-state index in [1.54, 1.807) is 0 Å². The highest BCUT2D eigenvalue weighted by molar-refractivity contribution is 5.73. The summed E-state index contributed by atoms with van der Waals surface area (Å²) in [6.45, 7) is 2.86. The van der Waals surface area contributed by atoms with Gasteiger partial charge in [-0.2, -0.15) is 0 Å². The molecule has 1 aliphatic rings. The van der Waals surface area contributed by atoms with Crippen LogP contribution in [-0.2, 0) is 16.0 Å². The first-order chi connectivity index (χ1) is 12.1. The summed E-state index contributed by atoms with van der Waals surface area (Å²) in [5.74, 6) is -0.610. The molecule has 1 aromatic carbocycles. The Morgan fingerprint density at radius 1 is 1.28 bits per heavy atom. The summed E-state index contributed by atoms with van der Waals surface area (Å²) in [5.41, 5.74) is 1.52. The molecule has 0 amide bonds. The molecule has 6 heteroatoms. The summed E-state index contributed by atoms with van der Waals surface area (Å²) in [5, 5.41) is 0. The van der Waals surface area contributed by atoms with Gasteiger partial charge in [-0.3, -0.25) is 4.79 Å². The first-order valence-corrected chi connectivity index (χ1v) is 8.51. The highest BCUT2D eigenvalue weighted by atomic mass is 19.1. The summed E-state index contributed by atoms with van der Waals surface area (Å²) in [6.07, 6.45) is 2.56. The highest BCUT2D eigenvalue weighted by Gasteiger charge is 2.34. The number of benzene rings is 1. The summed E-state index contributed by atoms with van der Waals surface area (Å²) in [6, 6.07) is 9.98. The Balaban J connectivity index is 1.94. The van der Waals surface area contributed by atoms with Crippen molar-refractivity contribution in [1.29, 1.82) is 0 Å². The smallest absolute Gasteiger partial charge is 0.310 e. The SMILES string of the molecule is CCc1ncnc(N2CC(C(=O)OC)CC(c3ccccc3)C2)c1F. The van der Waals surface area contributed by atoms with Crippen molar-refractivity contribution in [2.24, 2.45) is 5.92 Å². The summed E-state index contributed by atoms with van der Waals surface area (Å²) < 4.78 is 19.7. The van der Waals surface area contributed by atoms with Crippen molar-refractivity contribution in [3.05, 3.63) is 53.7 Å². The first-order valence-electron chi connectivity index (χ1n) is 8.51. The minimum atomic E-state index is -0.401. The topological polar surface area (TPSA) is 55.3 Å². The average Bonchev–Trinajstić information content (AvgIpc) is 2.67. The second-order valence-corrected chi connectivity index (χ2v) is 6.28. The lowest BCUT2D eigenvalue weighted by atomic mass is 9.84. The number of hydrogen-bond acceptors (Lipinski definition) is 5. The predicted octanol–water partition coefficient (Wildman–Crippen LogP) is 2.96. The number of aryl methyl sites for hydroxylation is 1. The Morgan fingerprint density at radius 3 is 2.72 bits per heavy atom. The summed E-state index contributed by atoms with van der Waals surface area (Å²) >= 11 is 0. The van der Waals surface area contributed by atoms with Gasteiger partial charge in [0.2, 0.25) is 0 Å². The number of piperidine rings is 1. The molecular weight excluding hydrogens is 321 g/mol. The molecule has 0 spiro atoms. The lowest BCUT2D eigenvalue weighted by Gasteiger charge is -2.37. The number of esters is 1. The maximum absolute atomic E-state index is 14.7. The van der Waals surface area contributed by atoms with Crippen LogP contribution in [0.1, 0.15) is 30.5 Å². The zero-order valence-corrected chi connectivity index (χ0v) is 14.5. The van der Waals surface area contributed by atoms with Gasteiger partial charge in [0.25, 0.3) is 0 Å². The van der Waals surface area contributed by atoms with E-state index in [9.17, 15) is 9.18 Å². The van der Waals surface area contributed by atoms with Crippen LogP contribution in [0, 0.1) is 11.7 Å². The molecular formula is C19H22FN3O2. The lowest BCUT2D eigenvalue weighted by molar-refractivity contribution is -0.145. The number of methoxy groups -OCH3 is 1. The van der Waals surface area contributed by atoms with Gasteiger partial charge in [-0.1, -0.05) is 37.3 Å². The molecule has 1 aromatic heterocycles. The Kier molecular flexibility index (Phi) is 5.26. The van der Waals surface area contributed by atoms with Crippen molar-refractivity contribution >= 4 is 11.8 Å². The van der Waals surface area contributed by atoms with Crippen LogP contribution in [0.5, 0.6) is 0 Å². The van der Waals surface area contributed by atoms with E-state index in [2.05, 4.69) is 9.97 Å². The zero-order chi connectivity index (χ0) is 17.8. The molecule has 2 atom stereocenters. The van der Waals surface area contributed by atoms with Crippen LogP contribution in [0.3, 0.4) is 0 Å². The van der Waals surface area contributed by atoms with Crippen LogP contribution in [0.25, 0.3) is 0 Å². The molecule has 1 saturated heterocycles. The van der Waals surface area contributed by atoms with Crippen LogP contribution in [0.2, 0.25) is 0 Å². The number of nitrogens with zero attached hydrogens (tertiary/aromatic N) is 3. The van der Waals surface area contributed by atoms with Gasteiger partial charge in [-0.25, -0.2) is 14.4 Å². The van der Waals surface area contributed by atoms with E-state index in [1.807, 2.05) is 42.2 Å². The third-order valence-corrected chi connectivity index (χ3v) is 4.73. The van der Waals surface area contributed by atoms with Crippen molar-refractivity contribution in [2.45, 2.75) is 25.7 Å². The Hall–Kier alpha value is -2.50. The van der Waals surface area contributed by atoms with E-state index < -0.39 is 5.82 Å². The second-order valence-electron chi connectivity index (χ2n) is 6.28. The second kappa shape index (κ2) is 7.59. The minimum Gasteiger partial charge on any atom is -0.469 e. The zero-order valence-electron chi connectivity index (χ0n) is 14.5. The number of anilines is 1. The number of rotatable bonds is 4. The Morgan fingerprint density at radius 2 is 2.04 bits per heavy atom. The number of carbonyl (C=O) groups excluding carboxylic acids is 1. The van der Waals surface area contributed by atoms with Crippen molar-refractivity contribution in [3.8, 4) is 0 Å². The Bertz CT molecular complexity index is 739. The molecule has 3 rings (SSSR count). The number of halogens is 1. The molecule has 25 heavy (non-hydrogen) atoms. The molecule has 0 aliphatic carbocycles. The largest absolute Gasteiger partial charge is 0.469 e. The maximum atomic E-state index is 14.7. The van der Waals surface area contributed by atoms with Crippen LogP contribution in [-0.4, -0.2) is 36.1 Å². The van der Waals surface area contributed by atoms with Crippen molar-refractivity contribution in [1.82, 2.24) is 9.97 Å². The van der Waals surface area contributed by atoms with Gasteiger partial charge < -0.3 is 9.64 Å². The fourth-order valence-corrected chi connectivity index (χ4v) is 3.44. The van der Waals surface area contributed by atoms with E-state index in [1.165, 1.54) is 13.4 Å². The molecule has 0 bridgehead atoms. The number of aromatic nitrogens is 2. The van der Waals surface area contributed by atoms with Gasteiger partial charge in [0.05, 0.1) is 18.7 Å². The summed E-state index contributed by atoms with van der Waals surface area (Å²) in [7, 11) is 1.39. The van der Waals surface area contributed by atoms with Crippen molar-refractivity contribution in [2.75, 3.05) is 25.1 Å². The third-order valence-electron chi connectivity index (χ3n) is 4.73. The van der Waals surface area contributed by atoms with Gasteiger partial charge >= 0.3 is 5.97 Å². The minimum absolute atomic E-state index is 0.110. The van der Waals surface area contributed by atoms with Crippen LogP contribution >= 0.6 is 0 Å². The average molecular weight is 343 g/mol. The van der Waals surface area contributed by atoms with E-state index in [0.717, 1.165) is 5.56 Å². The van der Waals surface area contributed by atoms with E-state index >= 15 is 0 Å². The van der Waals surface area contributed by atoms with Crippen LogP contribution in [0.15, 0.2) is 36.7 Å². The van der Waals surface area contributed by atoms with Crippen LogP contribution in [0.4, 0.5) is 10.2 Å². The number of carbonyl (C=O) groups is 1. The molecule has 2 heterocycles. The highest BCUT2D eigenvalue weighted by Crippen LogP contribution is 2.33. The fraction of sp³-hybridized carbons (Fsp3) is 0.421. The van der Waals surface area contributed by atoms with E-state index in [0.29, 0.717) is 31.6 Å². The van der Waals surface area contributed by atoms with Gasteiger partial charge in [0.1, 0.15) is 6.33 Å². The molecule has 2 unspecified atom stereocenters. The predicted molar refractivity (Wildman–Crippen MR) is 92.9 cm³/mol. The summed E-state index contributed by atoms with van der Waals surface area (Å²) in [4.78, 5) is 22.1. The molecule has 0 saturated carbocycles. The molecule has 0 radical (unpaired) electrons. The molecule has 5 nitrogen and oxygen atoms in total. The lowest BCUT2D eigenvalue weighted by Crippen LogP contribution is -2.43. The maximum Gasteiger partial charge on any atom is 0.310 e. The van der Waals surface area contributed by atoms with Crippen molar-refractivity contribution < 1.29 is 13.9 Å². The normalized spacial score (nSPS) is 20.4. The molecule has 0 N–H and O–H groups in total. The quantitative estimate of drug-likeness (QED) is 0.799. The molecule has 132 valence electrons. The molecule has 2 aromatic rings. The standard InChI is InChI=1S/C19H22FN3O2/c1-3-16-17(20)18(22-12-21-16)23-10-14(13-7-5-4-6-8-13)9-15(11-23)19(24)25-2/h4-8,12,14-15H,3,9-11H2,1-2H3. The monoisotopic (exact) mass is 343 g/mol. The number of hydrogen-bond donors (Lipinski definition) is 0. The first kappa shape index (κ1) is 17.3. The van der Waals surface area contributed by atoms with Crippen molar-refractivity contribution in [3.63, 3.8) is 0 Å². The van der Waals surface area contributed by atoms with E-state index in [-0.39, 0.29) is 23.6 Å². The van der Waals surface area contributed by atoms with Crippen LogP contribution < -0.4 is 4.90 Å². The molecule has 1 aliphatic heterocycles. The third kappa shape index (κ3) is 3.62. The van der Waals surface area contributed by atoms with Gasteiger partial charge in [-0.05, 0) is 18.4 Å². The van der Waals surface area contributed by atoms with Gasteiger partial charge in [-0.15, -0.1) is 0 Å². The fourth-order valence-electron chi connectivity index (χ4n) is 3.44. The molecule has 1 fully saturated rings. The van der Waals surface area contributed by atoms with Gasteiger partial charge in [0.15, 0.2) is 11.6 Å². The number of ether oxygens (including phenoxy) is 1. The van der Waals surface area contributed by atoms with Gasteiger partial charge in [0, 0.05) is 19.0 Å². The Labute approximate surface area is 146 Å². The van der Waals surface area contributed by atoms with E-state index in [4.69, 9.17) is 4.74 Å².